The van der Waals surface area contributed by atoms with Crippen LogP contribution in [-0.2, 0) is 18.9 Å². The molecule has 0 aliphatic heterocycles. The van der Waals surface area contributed by atoms with Crippen molar-refractivity contribution < 1.29 is 31.1 Å². The van der Waals surface area contributed by atoms with Gasteiger partial charge >= 0.3 is 12.4 Å². The predicted octanol–water partition coefficient (Wildman–Crippen LogP) is 8.58. The highest BCUT2D eigenvalue weighted by atomic mass is 32.2. The number of imidazole rings is 1. The molecule has 4 aromatic rings. The molecule has 0 atom stereocenters. The van der Waals surface area contributed by atoms with Crippen LogP contribution in [-0.4, -0.2) is 27.8 Å². The Balaban J connectivity index is 1.40. The summed E-state index contributed by atoms with van der Waals surface area (Å²) in [6.45, 7) is 2.84. The van der Waals surface area contributed by atoms with Crippen molar-refractivity contribution in [3.8, 4) is 22.5 Å². The lowest BCUT2D eigenvalue weighted by Gasteiger charge is -2.14. The third-order valence-electron chi connectivity index (χ3n) is 6.28. The molecule has 4 rings (SSSR count). The number of amides is 1. The van der Waals surface area contributed by atoms with Crippen LogP contribution in [0.15, 0.2) is 84.0 Å². The summed E-state index contributed by atoms with van der Waals surface area (Å²) >= 11 is 1.55. The fraction of sp³-hybridized carbons (Fsp3) is 0.267. The molecule has 0 aliphatic rings. The molecule has 11 heteroatoms. The van der Waals surface area contributed by atoms with E-state index in [0.717, 1.165) is 27.7 Å². The average Bonchev–Trinajstić information content (AvgIpc) is 3.33. The molecule has 0 spiro atoms. The summed E-state index contributed by atoms with van der Waals surface area (Å²) in [4.78, 5) is 17.3. The van der Waals surface area contributed by atoms with Crippen molar-refractivity contribution in [3.63, 3.8) is 0 Å². The van der Waals surface area contributed by atoms with E-state index in [1.54, 1.807) is 11.8 Å². The lowest BCUT2D eigenvalue weighted by Crippen LogP contribution is -2.25. The summed E-state index contributed by atoms with van der Waals surface area (Å²) in [6.07, 6.45) is -8.91. The van der Waals surface area contributed by atoms with Crippen LogP contribution in [0.5, 0.6) is 0 Å². The largest absolute Gasteiger partial charge is 0.416 e. The van der Waals surface area contributed by atoms with Crippen molar-refractivity contribution in [2.45, 2.75) is 43.8 Å². The Morgan fingerprint density at radius 2 is 1.39 bits per heavy atom. The van der Waals surface area contributed by atoms with Crippen LogP contribution in [0.25, 0.3) is 22.5 Å². The van der Waals surface area contributed by atoms with Crippen LogP contribution >= 0.6 is 11.8 Å². The van der Waals surface area contributed by atoms with Gasteiger partial charge in [-0.05, 0) is 38.0 Å². The van der Waals surface area contributed by atoms with E-state index in [0.29, 0.717) is 37.3 Å². The monoisotopic (exact) mass is 591 g/mol. The summed E-state index contributed by atoms with van der Waals surface area (Å²) in [7, 11) is 0. The zero-order chi connectivity index (χ0) is 29.6. The molecule has 4 nitrogen and oxygen atoms in total. The Bertz CT molecular complexity index is 1440. The Labute approximate surface area is 237 Å². The molecule has 216 valence electrons. The molecular formula is C30H27F6N3OS. The Morgan fingerprint density at radius 3 is 1.93 bits per heavy atom. The first-order valence-corrected chi connectivity index (χ1v) is 13.9. The first-order chi connectivity index (χ1) is 19.5. The number of unbranched alkanes of at least 4 members (excludes halogenated alkanes) is 1. The smallest absolute Gasteiger partial charge is 0.352 e. The number of hydrogen-bond acceptors (Lipinski definition) is 3. The summed E-state index contributed by atoms with van der Waals surface area (Å²) in [5.74, 6) is -0.340. The molecule has 1 N–H and O–H groups in total. The Hall–Kier alpha value is -3.73. The van der Waals surface area contributed by atoms with E-state index >= 15 is 0 Å². The van der Waals surface area contributed by atoms with E-state index in [2.05, 4.69) is 9.88 Å². The average molecular weight is 592 g/mol. The number of thioether (sulfide) groups is 1. The van der Waals surface area contributed by atoms with E-state index < -0.39 is 35.0 Å². The Kier molecular flexibility index (Phi) is 9.47. The van der Waals surface area contributed by atoms with Crippen molar-refractivity contribution in [1.82, 2.24) is 14.9 Å². The zero-order valence-electron chi connectivity index (χ0n) is 22.0. The first-order valence-electron chi connectivity index (χ1n) is 12.9. The van der Waals surface area contributed by atoms with Gasteiger partial charge in [0.2, 0.25) is 0 Å². The van der Waals surface area contributed by atoms with E-state index in [1.165, 1.54) is 0 Å². The molecule has 0 fully saturated rings. The van der Waals surface area contributed by atoms with E-state index in [4.69, 9.17) is 4.98 Å². The fourth-order valence-corrected chi connectivity index (χ4v) is 5.37. The van der Waals surface area contributed by atoms with Gasteiger partial charge in [-0.15, -0.1) is 0 Å². The van der Waals surface area contributed by atoms with Gasteiger partial charge in [-0.25, -0.2) is 4.98 Å². The number of benzene rings is 3. The van der Waals surface area contributed by atoms with Crippen molar-refractivity contribution in [2.75, 3.05) is 12.3 Å². The second kappa shape index (κ2) is 12.8. The molecule has 1 aromatic heterocycles. The highest BCUT2D eigenvalue weighted by molar-refractivity contribution is 7.99. The summed E-state index contributed by atoms with van der Waals surface area (Å²) in [5.41, 5.74) is 0.175. The van der Waals surface area contributed by atoms with E-state index in [-0.39, 0.29) is 12.6 Å². The molecule has 0 aliphatic carbocycles. The topological polar surface area (TPSA) is 46.9 Å². The SMILES string of the molecule is CCn1c(SCCCCNC(=O)c2cc(C(F)(F)F)cc(C(F)(F)F)c2)nc(-c2ccccc2)c1-c1ccccc1. The van der Waals surface area contributed by atoms with Gasteiger partial charge in [-0.3, -0.25) is 4.79 Å². The molecule has 1 heterocycles. The summed E-state index contributed by atoms with van der Waals surface area (Å²) < 4.78 is 80.7. The molecule has 0 saturated carbocycles. The highest BCUT2D eigenvalue weighted by Gasteiger charge is 2.37. The van der Waals surface area contributed by atoms with Crippen molar-refractivity contribution in [3.05, 3.63) is 95.6 Å². The quantitative estimate of drug-likeness (QED) is 0.114. The van der Waals surface area contributed by atoms with Crippen molar-refractivity contribution in [2.24, 2.45) is 0 Å². The van der Waals surface area contributed by atoms with Crippen LogP contribution in [0.4, 0.5) is 26.3 Å². The number of carbonyl (C=O) groups excluding carboxylic acids is 1. The van der Waals surface area contributed by atoms with Gasteiger partial charge < -0.3 is 9.88 Å². The third-order valence-corrected chi connectivity index (χ3v) is 7.34. The number of carbonyl (C=O) groups is 1. The number of alkyl halides is 6. The van der Waals surface area contributed by atoms with Crippen LogP contribution in [0, 0.1) is 0 Å². The highest BCUT2D eigenvalue weighted by Crippen LogP contribution is 2.37. The number of rotatable bonds is 10. The number of halogens is 6. The molecule has 0 saturated heterocycles. The van der Waals surface area contributed by atoms with E-state index in [1.807, 2.05) is 67.6 Å². The van der Waals surface area contributed by atoms with Gasteiger partial charge in [-0.1, -0.05) is 72.4 Å². The molecule has 1 amide bonds. The van der Waals surface area contributed by atoms with E-state index in [9.17, 15) is 31.1 Å². The molecule has 41 heavy (non-hydrogen) atoms. The van der Waals surface area contributed by atoms with Gasteiger partial charge in [0.1, 0.15) is 0 Å². The van der Waals surface area contributed by atoms with Crippen molar-refractivity contribution >= 4 is 17.7 Å². The van der Waals surface area contributed by atoms with Crippen LogP contribution in [0.3, 0.4) is 0 Å². The predicted molar refractivity (Wildman–Crippen MR) is 148 cm³/mol. The van der Waals surface area contributed by atoms with Gasteiger partial charge in [0, 0.05) is 35.5 Å². The standard InChI is InChI=1S/C30H27F6N3OS/c1-2-39-26(21-13-7-4-8-14-21)25(20-11-5-3-6-12-20)38-28(39)41-16-10-9-15-37-27(40)22-17-23(29(31,32)33)19-24(18-22)30(34,35)36/h3-8,11-14,17-19H,2,9-10,15-16H2,1H3,(H,37,40). The van der Waals surface area contributed by atoms with Crippen LogP contribution in [0.2, 0.25) is 0 Å². The number of hydrogen-bond donors (Lipinski definition) is 1. The maximum absolute atomic E-state index is 13.1. The molecule has 0 unspecified atom stereocenters. The molecule has 0 radical (unpaired) electrons. The summed E-state index contributed by atoms with van der Waals surface area (Å²) in [5, 5.41) is 3.26. The Morgan fingerprint density at radius 1 is 0.829 bits per heavy atom. The first kappa shape index (κ1) is 30.2. The zero-order valence-corrected chi connectivity index (χ0v) is 22.8. The third kappa shape index (κ3) is 7.52. The minimum absolute atomic E-state index is 0.000602. The number of aromatic nitrogens is 2. The number of nitrogens with one attached hydrogen (secondary N) is 1. The van der Waals surface area contributed by atoms with Crippen molar-refractivity contribution in [1.29, 1.82) is 0 Å². The lowest BCUT2D eigenvalue weighted by atomic mass is 10.0. The second-order valence-electron chi connectivity index (χ2n) is 9.17. The minimum atomic E-state index is -5.02. The van der Waals surface area contributed by atoms with Crippen LogP contribution < -0.4 is 5.32 Å². The fourth-order valence-electron chi connectivity index (χ4n) is 4.30. The number of nitrogens with zero attached hydrogens (tertiary/aromatic N) is 2. The summed E-state index contributed by atoms with van der Waals surface area (Å²) in [6, 6.07) is 20.7. The molecular weight excluding hydrogens is 564 g/mol. The van der Waals surface area contributed by atoms with Crippen LogP contribution in [0.1, 0.15) is 41.3 Å². The normalized spacial score (nSPS) is 12.0. The lowest BCUT2D eigenvalue weighted by molar-refractivity contribution is -0.143. The molecule has 0 bridgehead atoms. The van der Waals surface area contributed by atoms with Gasteiger partial charge in [0.15, 0.2) is 5.16 Å². The maximum atomic E-state index is 13.1. The maximum Gasteiger partial charge on any atom is 0.416 e. The second-order valence-corrected chi connectivity index (χ2v) is 10.2. The molecule has 3 aromatic carbocycles. The minimum Gasteiger partial charge on any atom is -0.352 e. The van der Waals surface area contributed by atoms with Gasteiger partial charge in [0.25, 0.3) is 5.91 Å². The van der Waals surface area contributed by atoms with Gasteiger partial charge in [-0.2, -0.15) is 26.3 Å². The van der Waals surface area contributed by atoms with Gasteiger partial charge in [0.05, 0.1) is 22.5 Å².